The maximum Gasteiger partial charge on any atom is 0.247 e. The van der Waals surface area contributed by atoms with Gasteiger partial charge >= 0.3 is 0 Å². The first-order valence-corrected chi connectivity index (χ1v) is 15.4. The summed E-state index contributed by atoms with van der Waals surface area (Å²) in [7, 11) is 3.85. The number of carbonyl (C=O) groups excluding carboxylic acids is 1. The molecule has 3 aromatic rings. The summed E-state index contributed by atoms with van der Waals surface area (Å²) in [5.41, 5.74) is 3.45. The van der Waals surface area contributed by atoms with Gasteiger partial charge in [-0.05, 0) is 50.7 Å². The van der Waals surface area contributed by atoms with Crippen molar-refractivity contribution in [1.29, 1.82) is 0 Å². The normalized spacial score (nSPS) is 20.0. The van der Waals surface area contributed by atoms with Crippen LogP contribution in [0.3, 0.4) is 0 Å². The molecule has 3 fully saturated rings. The monoisotopic (exact) mass is 598 g/mol. The van der Waals surface area contributed by atoms with Gasteiger partial charge in [0.2, 0.25) is 5.91 Å². The average Bonchev–Trinajstić information content (AvgIpc) is 3.56. The lowest BCUT2D eigenvalue weighted by molar-refractivity contribution is -0.111. The van der Waals surface area contributed by atoms with Crippen LogP contribution in [-0.4, -0.2) is 91.7 Å². The molecule has 11 nitrogen and oxygen atoms in total. The third-order valence-corrected chi connectivity index (χ3v) is 8.85. The van der Waals surface area contributed by atoms with Gasteiger partial charge in [0.25, 0.3) is 0 Å². The predicted octanol–water partition coefficient (Wildman–Crippen LogP) is 4.45. The molecule has 44 heavy (non-hydrogen) atoms. The Bertz CT molecular complexity index is 1440. The largest absolute Gasteiger partial charge is 0.494 e. The molecule has 0 saturated carbocycles. The van der Waals surface area contributed by atoms with E-state index in [9.17, 15) is 4.79 Å². The summed E-state index contributed by atoms with van der Waals surface area (Å²) in [4.78, 5) is 34.8. The third-order valence-electron chi connectivity index (χ3n) is 8.85. The number of nitrogens with zero attached hydrogens (tertiary/aromatic N) is 6. The van der Waals surface area contributed by atoms with Crippen molar-refractivity contribution in [2.75, 3.05) is 80.6 Å². The minimum Gasteiger partial charge on any atom is -0.494 e. The van der Waals surface area contributed by atoms with Crippen LogP contribution in [0.15, 0.2) is 67.5 Å². The molecule has 2 N–H and O–H groups in total. The fourth-order valence-electron chi connectivity index (χ4n) is 6.42. The molecule has 4 heterocycles. The summed E-state index contributed by atoms with van der Waals surface area (Å²) in [5, 5.41) is 8.26. The van der Waals surface area contributed by atoms with E-state index in [1.165, 1.54) is 30.8 Å². The van der Waals surface area contributed by atoms with Crippen LogP contribution in [0.5, 0.6) is 5.75 Å². The molecule has 6 rings (SSSR count). The molecule has 0 spiro atoms. The Labute approximate surface area is 259 Å². The van der Waals surface area contributed by atoms with Gasteiger partial charge in [-0.3, -0.25) is 14.5 Å². The summed E-state index contributed by atoms with van der Waals surface area (Å²) in [6, 6.07) is 16.7. The van der Waals surface area contributed by atoms with E-state index >= 15 is 0 Å². The number of hydrogen-bond acceptors (Lipinski definition) is 10. The first-order valence-electron chi connectivity index (χ1n) is 15.4. The topological polar surface area (TPSA) is 98.3 Å². The van der Waals surface area contributed by atoms with Crippen molar-refractivity contribution < 1.29 is 14.4 Å². The number of hydrogen-bond donors (Lipinski definition) is 2. The first-order chi connectivity index (χ1) is 21.5. The molecule has 3 aliphatic heterocycles. The Balaban J connectivity index is 1.22. The Hall–Kier alpha value is -4.19. The number of nitrogens with one attached hydrogen (secondary N) is 2. The van der Waals surface area contributed by atoms with Crippen molar-refractivity contribution in [2.45, 2.75) is 31.3 Å². The molecule has 3 aliphatic rings. The number of ether oxygens (including phenoxy) is 1. The summed E-state index contributed by atoms with van der Waals surface area (Å²) >= 11 is 0. The number of rotatable bonds is 9. The lowest BCUT2D eigenvalue weighted by atomic mass is 10.0. The second-order valence-corrected chi connectivity index (χ2v) is 11.6. The number of benzene rings is 2. The molecule has 1 unspecified atom stereocenters. The lowest BCUT2D eigenvalue weighted by Crippen LogP contribution is -2.53. The van der Waals surface area contributed by atoms with Crippen LogP contribution in [-0.2, 0) is 9.63 Å². The van der Waals surface area contributed by atoms with Gasteiger partial charge in [0, 0.05) is 50.8 Å². The fourth-order valence-corrected chi connectivity index (χ4v) is 6.42. The Morgan fingerprint density at radius 2 is 1.77 bits per heavy atom. The van der Waals surface area contributed by atoms with E-state index in [4.69, 9.17) is 9.57 Å². The van der Waals surface area contributed by atoms with Crippen LogP contribution >= 0.6 is 0 Å². The maximum atomic E-state index is 12.5. The number of likely N-dealkylation sites (tertiary alicyclic amines) is 1. The molecule has 232 valence electrons. The summed E-state index contributed by atoms with van der Waals surface area (Å²) in [6.45, 7) is 10.3. The van der Waals surface area contributed by atoms with Crippen molar-refractivity contribution in [2.24, 2.45) is 0 Å². The van der Waals surface area contributed by atoms with Crippen LogP contribution in [0.1, 0.15) is 30.9 Å². The number of aromatic nitrogens is 2. The molecule has 1 aromatic heterocycles. The number of amides is 1. The number of carbonyl (C=O) groups is 1. The van der Waals surface area contributed by atoms with Gasteiger partial charge in [0.15, 0.2) is 5.82 Å². The summed E-state index contributed by atoms with van der Waals surface area (Å²) < 4.78 is 5.85. The van der Waals surface area contributed by atoms with Crippen molar-refractivity contribution >= 4 is 34.6 Å². The molecular formula is C33H42N8O3. The zero-order chi connectivity index (χ0) is 30.5. The molecule has 1 amide bonds. The highest BCUT2D eigenvalue weighted by molar-refractivity contribution is 6.02. The minimum atomic E-state index is -0.269. The highest BCUT2D eigenvalue weighted by Gasteiger charge is 2.30. The van der Waals surface area contributed by atoms with Crippen LogP contribution < -0.4 is 25.3 Å². The van der Waals surface area contributed by atoms with E-state index in [-0.39, 0.29) is 11.9 Å². The van der Waals surface area contributed by atoms with Crippen LogP contribution in [0.2, 0.25) is 0 Å². The quantitative estimate of drug-likeness (QED) is 0.344. The number of piperazine rings is 1. The fraction of sp³-hybridized carbons (Fsp3) is 0.424. The van der Waals surface area contributed by atoms with Crippen molar-refractivity contribution in [3.05, 3.63) is 73.1 Å². The third kappa shape index (κ3) is 6.64. The molecule has 1 atom stereocenters. The number of methoxy groups -OCH3 is 1. The lowest BCUT2D eigenvalue weighted by Gasteiger charge is -2.43. The van der Waals surface area contributed by atoms with E-state index in [1.54, 1.807) is 7.11 Å². The molecule has 2 aromatic carbocycles. The van der Waals surface area contributed by atoms with E-state index in [0.29, 0.717) is 41.4 Å². The van der Waals surface area contributed by atoms with Gasteiger partial charge in [-0.25, -0.2) is 15.0 Å². The van der Waals surface area contributed by atoms with Crippen LogP contribution in [0, 0.1) is 0 Å². The van der Waals surface area contributed by atoms with Crippen molar-refractivity contribution in [3.8, 4) is 5.75 Å². The van der Waals surface area contributed by atoms with E-state index in [0.717, 1.165) is 51.4 Å². The number of anilines is 5. The van der Waals surface area contributed by atoms with Gasteiger partial charge in [-0.2, -0.15) is 0 Å². The second-order valence-electron chi connectivity index (χ2n) is 11.6. The SMILES string of the molecule is C=CC(=O)Nc1cc(Nc2cc(N3OCCC3c3ccccc3)ncn2)c(OC)cc1N1CCN(C2CCN(C)CC2)CC1. The van der Waals surface area contributed by atoms with Crippen molar-refractivity contribution in [3.63, 3.8) is 0 Å². The zero-order valence-electron chi connectivity index (χ0n) is 25.6. The first kappa shape index (κ1) is 29.9. The molecular weight excluding hydrogens is 556 g/mol. The number of hydroxylamine groups is 1. The average molecular weight is 599 g/mol. The molecule has 3 saturated heterocycles. The minimum absolute atomic E-state index is 0.0633. The molecule has 0 bridgehead atoms. The molecule has 11 heteroatoms. The Kier molecular flexibility index (Phi) is 9.25. The van der Waals surface area contributed by atoms with Crippen LogP contribution in [0.4, 0.5) is 28.7 Å². The molecule has 0 radical (unpaired) electrons. The van der Waals surface area contributed by atoms with Gasteiger partial charge < -0.3 is 25.2 Å². The second kappa shape index (κ2) is 13.6. The van der Waals surface area contributed by atoms with Gasteiger partial charge in [-0.15, -0.1) is 0 Å². The van der Waals surface area contributed by atoms with Crippen molar-refractivity contribution in [1.82, 2.24) is 19.8 Å². The standard InChI is InChI=1S/C33H42N8O3/c1-4-33(42)37-26-20-27(30(43-3)21-29(26)40-17-15-39(16-18-40)25-10-13-38(2)14-11-25)36-31-22-32(35-23-34-31)41-28(12-19-44-41)24-8-6-5-7-9-24/h4-9,20-23,25,28H,1,10-19H2,2-3H3,(H,37,42)(H,34,35,36). The highest BCUT2D eigenvalue weighted by Crippen LogP contribution is 2.40. The van der Waals surface area contributed by atoms with Gasteiger partial charge in [0.05, 0.1) is 36.8 Å². The smallest absolute Gasteiger partial charge is 0.247 e. The highest BCUT2D eigenvalue weighted by atomic mass is 16.7. The zero-order valence-corrected chi connectivity index (χ0v) is 25.6. The van der Waals surface area contributed by atoms with Gasteiger partial charge in [0.1, 0.15) is 17.9 Å². The van der Waals surface area contributed by atoms with E-state index in [2.05, 4.69) is 61.1 Å². The van der Waals surface area contributed by atoms with E-state index < -0.39 is 0 Å². The Morgan fingerprint density at radius 3 is 2.50 bits per heavy atom. The van der Waals surface area contributed by atoms with E-state index in [1.807, 2.05) is 41.5 Å². The molecule has 0 aliphatic carbocycles. The van der Waals surface area contributed by atoms with Crippen LogP contribution in [0.25, 0.3) is 0 Å². The maximum absolute atomic E-state index is 12.5. The van der Waals surface area contributed by atoms with Gasteiger partial charge in [-0.1, -0.05) is 36.9 Å². The Morgan fingerprint density at radius 1 is 1.00 bits per heavy atom. The summed E-state index contributed by atoms with van der Waals surface area (Å²) in [6.07, 6.45) is 6.10. The number of piperidine rings is 1. The summed E-state index contributed by atoms with van der Waals surface area (Å²) in [5.74, 6) is 1.62. The predicted molar refractivity (Wildman–Crippen MR) is 174 cm³/mol.